The van der Waals surface area contributed by atoms with Gasteiger partial charge in [-0.3, -0.25) is 4.79 Å². The molecule has 134 valence electrons. The van der Waals surface area contributed by atoms with E-state index in [1.807, 2.05) is 71.3 Å². The Hall–Kier alpha value is -3.33. The van der Waals surface area contributed by atoms with Crippen LogP contribution in [-0.4, -0.2) is 10.7 Å². The van der Waals surface area contributed by atoms with Crippen LogP contribution in [0.5, 0.6) is 5.75 Å². The first kappa shape index (κ1) is 17.1. The number of nitrogens with zero attached hydrogens (tertiary/aromatic N) is 1. The SMILES string of the molecule is CCc1ccc2cc(-c3ccccc3OCc3ccccc3)c(C=O)n2c1. The van der Waals surface area contributed by atoms with Crippen LogP contribution in [0, 0.1) is 0 Å². The first-order valence-electron chi connectivity index (χ1n) is 9.15. The Bertz CT molecular complexity index is 1080. The van der Waals surface area contributed by atoms with E-state index in [2.05, 4.69) is 19.1 Å². The summed E-state index contributed by atoms with van der Waals surface area (Å²) >= 11 is 0. The average Bonchev–Trinajstić information content (AvgIpc) is 3.10. The number of pyridine rings is 1. The average molecular weight is 355 g/mol. The van der Waals surface area contributed by atoms with Crippen LogP contribution in [0.2, 0.25) is 0 Å². The minimum atomic E-state index is 0.488. The molecule has 0 atom stereocenters. The summed E-state index contributed by atoms with van der Waals surface area (Å²) in [6.07, 6.45) is 3.89. The normalized spacial score (nSPS) is 10.9. The van der Waals surface area contributed by atoms with E-state index >= 15 is 0 Å². The lowest BCUT2D eigenvalue weighted by Crippen LogP contribution is -1.98. The van der Waals surface area contributed by atoms with Gasteiger partial charge in [-0.25, -0.2) is 0 Å². The summed E-state index contributed by atoms with van der Waals surface area (Å²) in [4.78, 5) is 11.9. The van der Waals surface area contributed by atoms with E-state index in [0.717, 1.165) is 40.7 Å². The molecule has 0 N–H and O–H groups in total. The lowest BCUT2D eigenvalue weighted by Gasteiger charge is -2.11. The Labute approximate surface area is 158 Å². The highest BCUT2D eigenvalue weighted by atomic mass is 16.5. The fraction of sp³-hybridized carbons (Fsp3) is 0.125. The van der Waals surface area contributed by atoms with Gasteiger partial charge in [0.2, 0.25) is 0 Å². The molecule has 0 aliphatic rings. The zero-order valence-electron chi connectivity index (χ0n) is 15.3. The third kappa shape index (κ3) is 3.36. The number of ether oxygens (including phenoxy) is 1. The Morgan fingerprint density at radius 3 is 2.44 bits per heavy atom. The van der Waals surface area contributed by atoms with Gasteiger partial charge >= 0.3 is 0 Å². The minimum absolute atomic E-state index is 0.488. The first-order valence-corrected chi connectivity index (χ1v) is 9.15. The monoisotopic (exact) mass is 355 g/mol. The van der Waals surface area contributed by atoms with Crippen LogP contribution in [0.4, 0.5) is 0 Å². The number of fused-ring (bicyclic) bond motifs is 1. The zero-order valence-corrected chi connectivity index (χ0v) is 15.3. The highest BCUT2D eigenvalue weighted by molar-refractivity contribution is 5.91. The Morgan fingerprint density at radius 1 is 0.889 bits per heavy atom. The van der Waals surface area contributed by atoms with E-state index in [9.17, 15) is 4.79 Å². The quantitative estimate of drug-likeness (QED) is 0.424. The maximum atomic E-state index is 11.9. The number of aromatic nitrogens is 1. The number of hydrogen-bond acceptors (Lipinski definition) is 2. The Balaban J connectivity index is 1.76. The molecule has 3 nitrogen and oxygen atoms in total. The van der Waals surface area contributed by atoms with Crippen molar-refractivity contribution in [3.63, 3.8) is 0 Å². The molecule has 0 fully saturated rings. The summed E-state index contributed by atoms with van der Waals surface area (Å²) in [6.45, 7) is 2.60. The van der Waals surface area contributed by atoms with Crippen LogP contribution in [0.15, 0.2) is 79.0 Å². The fourth-order valence-electron chi connectivity index (χ4n) is 3.33. The number of para-hydroxylation sites is 1. The molecule has 2 heterocycles. The number of carbonyl (C=O) groups is 1. The maximum Gasteiger partial charge on any atom is 0.167 e. The van der Waals surface area contributed by atoms with Gasteiger partial charge in [0, 0.05) is 22.8 Å². The second-order valence-corrected chi connectivity index (χ2v) is 6.52. The van der Waals surface area contributed by atoms with Crippen molar-refractivity contribution >= 4 is 11.8 Å². The highest BCUT2D eigenvalue weighted by Gasteiger charge is 2.15. The van der Waals surface area contributed by atoms with Gasteiger partial charge in [0.05, 0.1) is 5.69 Å². The van der Waals surface area contributed by atoms with Crippen LogP contribution in [0.1, 0.15) is 28.5 Å². The summed E-state index contributed by atoms with van der Waals surface area (Å²) in [6, 6.07) is 24.2. The molecular formula is C24H21NO2. The summed E-state index contributed by atoms with van der Waals surface area (Å²) in [5, 5.41) is 0. The molecule has 0 saturated heterocycles. The number of carbonyl (C=O) groups excluding carboxylic acids is 1. The second kappa shape index (κ2) is 7.50. The summed E-state index contributed by atoms with van der Waals surface area (Å²) in [7, 11) is 0. The van der Waals surface area contributed by atoms with Gasteiger partial charge in [-0.05, 0) is 35.7 Å². The number of hydrogen-bond donors (Lipinski definition) is 0. The number of rotatable bonds is 6. The van der Waals surface area contributed by atoms with E-state index in [1.165, 1.54) is 5.56 Å². The lowest BCUT2D eigenvalue weighted by molar-refractivity contribution is 0.111. The molecule has 0 spiro atoms. The third-order valence-corrected chi connectivity index (χ3v) is 4.80. The smallest absolute Gasteiger partial charge is 0.167 e. The molecule has 27 heavy (non-hydrogen) atoms. The highest BCUT2D eigenvalue weighted by Crippen LogP contribution is 2.34. The Kier molecular flexibility index (Phi) is 4.75. The van der Waals surface area contributed by atoms with Gasteiger partial charge < -0.3 is 9.14 Å². The fourth-order valence-corrected chi connectivity index (χ4v) is 3.33. The lowest BCUT2D eigenvalue weighted by atomic mass is 10.1. The summed E-state index contributed by atoms with van der Waals surface area (Å²) in [5.41, 5.74) is 5.77. The van der Waals surface area contributed by atoms with Crippen LogP contribution < -0.4 is 4.74 Å². The van der Waals surface area contributed by atoms with Crippen LogP contribution in [0.25, 0.3) is 16.6 Å². The molecule has 4 rings (SSSR count). The summed E-state index contributed by atoms with van der Waals surface area (Å²) in [5.74, 6) is 0.774. The third-order valence-electron chi connectivity index (χ3n) is 4.80. The molecule has 0 saturated carbocycles. The van der Waals surface area contributed by atoms with Crippen molar-refractivity contribution in [2.75, 3.05) is 0 Å². The van der Waals surface area contributed by atoms with Gasteiger partial charge in [-0.2, -0.15) is 0 Å². The van der Waals surface area contributed by atoms with Crippen molar-refractivity contribution in [1.29, 1.82) is 0 Å². The standard InChI is InChI=1S/C24H21NO2/c1-2-18-12-13-20-14-22(23(16-26)25(20)15-18)21-10-6-7-11-24(21)27-17-19-8-4-3-5-9-19/h3-16H,2,17H2,1H3. The topological polar surface area (TPSA) is 30.7 Å². The van der Waals surface area contributed by atoms with E-state index < -0.39 is 0 Å². The van der Waals surface area contributed by atoms with Gasteiger partial charge in [-0.15, -0.1) is 0 Å². The molecule has 0 radical (unpaired) electrons. The van der Waals surface area contributed by atoms with Gasteiger partial charge in [0.25, 0.3) is 0 Å². The minimum Gasteiger partial charge on any atom is -0.488 e. The van der Waals surface area contributed by atoms with Crippen LogP contribution in [0.3, 0.4) is 0 Å². The molecule has 4 aromatic rings. The van der Waals surface area contributed by atoms with Crippen LogP contribution >= 0.6 is 0 Å². The van der Waals surface area contributed by atoms with Gasteiger partial charge in [0.1, 0.15) is 12.4 Å². The molecular weight excluding hydrogens is 334 g/mol. The number of aldehydes is 1. The molecule has 0 aliphatic carbocycles. The van der Waals surface area contributed by atoms with Crippen molar-refractivity contribution < 1.29 is 9.53 Å². The van der Waals surface area contributed by atoms with Gasteiger partial charge in [-0.1, -0.05) is 61.5 Å². The molecule has 2 aromatic heterocycles. The van der Waals surface area contributed by atoms with Crippen LogP contribution in [-0.2, 0) is 13.0 Å². The molecule has 0 amide bonds. The molecule has 0 unspecified atom stereocenters. The molecule has 0 aliphatic heterocycles. The van der Waals surface area contributed by atoms with Gasteiger partial charge in [0.15, 0.2) is 6.29 Å². The van der Waals surface area contributed by atoms with E-state index in [0.29, 0.717) is 12.3 Å². The largest absolute Gasteiger partial charge is 0.488 e. The molecule has 0 bridgehead atoms. The van der Waals surface area contributed by atoms with Crippen molar-refractivity contribution in [1.82, 2.24) is 4.40 Å². The van der Waals surface area contributed by atoms with E-state index in [1.54, 1.807) is 0 Å². The first-order chi connectivity index (χ1) is 13.3. The Morgan fingerprint density at radius 2 is 1.67 bits per heavy atom. The molecule has 3 heteroatoms. The predicted molar refractivity (Wildman–Crippen MR) is 108 cm³/mol. The zero-order chi connectivity index (χ0) is 18.6. The number of aryl methyl sites for hydroxylation is 1. The van der Waals surface area contributed by atoms with E-state index in [4.69, 9.17) is 4.74 Å². The maximum absolute atomic E-state index is 11.9. The van der Waals surface area contributed by atoms with E-state index in [-0.39, 0.29) is 0 Å². The van der Waals surface area contributed by atoms with Crippen molar-refractivity contribution in [3.05, 3.63) is 95.8 Å². The second-order valence-electron chi connectivity index (χ2n) is 6.52. The van der Waals surface area contributed by atoms with Crippen molar-refractivity contribution in [2.45, 2.75) is 20.0 Å². The van der Waals surface area contributed by atoms with Crippen molar-refractivity contribution in [2.24, 2.45) is 0 Å². The molecule has 2 aromatic carbocycles. The number of benzene rings is 2. The predicted octanol–water partition coefficient (Wildman–Crippen LogP) is 5.56. The van der Waals surface area contributed by atoms with Crippen molar-refractivity contribution in [3.8, 4) is 16.9 Å². The summed E-state index contributed by atoms with van der Waals surface area (Å²) < 4.78 is 8.06.